The topological polar surface area (TPSA) is 105 Å². The Morgan fingerprint density at radius 1 is 1.37 bits per heavy atom. The van der Waals surface area contributed by atoms with Crippen LogP contribution in [0.25, 0.3) is 0 Å². The van der Waals surface area contributed by atoms with Crippen molar-refractivity contribution < 1.29 is 22.5 Å². The van der Waals surface area contributed by atoms with Crippen LogP contribution in [-0.4, -0.2) is 32.4 Å². The van der Waals surface area contributed by atoms with Gasteiger partial charge in [0, 0.05) is 24.8 Å². The smallest absolute Gasteiger partial charge is 0.303 e. The largest absolute Gasteiger partial charge is 0.438 e. The maximum Gasteiger partial charge on any atom is 0.303 e. The highest BCUT2D eigenvalue weighted by molar-refractivity contribution is 7.94. The van der Waals surface area contributed by atoms with Gasteiger partial charge in [0.25, 0.3) is 5.91 Å². The van der Waals surface area contributed by atoms with Crippen molar-refractivity contribution >= 4 is 15.6 Å². The summed E-state index contributed by atoms with van der Waals surface area (Å²) in [7, 11) is -2.86. The van der Waals surface area contributed by atoms with E-state index in [0.717, 1.165) is 19.0 Å². The lowest BCUT2D eigenvalue weighted by Crippen LogP contribution is -2.35. The normalized spacial score (nSPS) is 17.3. The van der Waals surface area contributed by atoms with Crippen LogP contribution in [0.1, 0.15) is 35.9 Å². The number of nitrogens with zero attached hydrogens (tertiary/aromatic N) is 2. The molecule has 7 nitrogen and oxygen atoms in total. The number of amides is 1. The molecule has 3 rings (SSSR count). The Hall–Kier alpha value is -2.88. The molecule has 2 atom stereocenters. The molecule has 10 heteroatoms. The van der Waals surface area contributed by atoms with Gasteiger partial charge in [-0.2, -0.15) is 13.8 Å². The number of carbonyl (C=O) groups is 1. The molecule has 1 aliphatic carbocycles. The fraction of sp³-hybridized carbons (Fsp3) is 0.350. The number of hydrogen-bond acceptors (Lipinski definition) is 6. The number of halogens is 2. The fourth-order valence-electron chi connectivity index (χ4n) is 2.65. The number of ether oxygens (including phenoxy) is 1. The average Bonchev–Trinajstić information content (AvgIpc) is 3.49. The van der Waals surface area contributed by atoms with Crippen molar-refractivity contribution in [1.82, 2.24) is 15.3 Å². The Morgan fingerprint density at radius 3 is 2.60 bits per heavy atom. The van der Waals surface area contributed by atoms with Crippen LogP contribution in [0.4, 0.5) is 8.78 Å². The minimum absolute atomic E-state index is 0.103. The van der Waals surface area contributed by atoms with Gasteiger partial charge in [0.15, 0.2) is 0 Å². The number of alkyl halides is 2. The molecule has 1 amide bonds. The molecule has 2 aromatic rings. The van der Waals surface area contributed by atoms with Gasteiger partial charge in [0.1, 0.15) is 11.3 Å². The van der Waals surface area contributed by atoms with Crippen LogP contribution in [0, 0.1) is 10.7 Å². The molecule has 1 saturated carbocycles. The standard InChI is InChI=1S/C20H22F2N4O3S/c1-20(21,22)19-24-12-15(18(26-19)29-14-6-4-3-5-7-14)17(27)25-16(13-8-9-13)10-11-30(2,23)28/h3-7,10-13,16,23H,8-9H2,1-2H3,(H,25,27)/b11-10+/t16-,30+/m1/s1. The molecule has 1 heterocycles. The third-order valence-corrected chi connectivity index (χ3v) is 5.00. The highest BCUT2D eigenvalue weighted by Crippen LogP contribution is 2.34. The Kier molecular flexibility index (Phi) is 6.16. The summed E-state index contributed by atoms with van der Waals surface area (Å²) in [5.74, 6) is -4.48. The molecule has 0 saturated heterocycles. The third kappa shape index (κ3) is 6.06. The summed E-state index contributed by atoms with van der Waals surface area (Å²) in [6.07, 6.45) is 5.58. The van der Waals surface area contributed by atoms with Gasteiger partial charge in [-0.15, -0.1) is 0 Å². The summed E-state index contributed by atoms with van der Waals surface area (Å²) in [5.41, 5.74) is -0.103. The summed E-state index contributed by atoms with van der Waals surface area (Å²) >= 11 is 0. The maximum absolute atomic E-state index is 13.7. The Labute approximate surface area is 173 Å². The van der Waals surface area contributed by atoms with E-state index in [-0.39, 0.29) is 17.4 Å². The molecule has 160 valence electrons. The first kappa shape index (κ1) is 21.8. The zero-order chi connectivity index (χ0) is 21.9. The first-order valence-corrected chi connectivity index (χ1v) is 11.3. The maximum atomic E-state index is 13.7. The predicted molar refractivity (Wildman–Crippen MR) is 108 cm³/mol. The Bertz CT molecular complexity index is 1050. The SMILES string of the molecule is CC(F)(F)c1ncc(C(=O)N[C@H](/C=C/[S@@](C)(=N)=O)C2CC2)c(Oc2ccccc2)n1. The second kappa shape index (κ2) is 8.47. The summed E-state index contributed by atoms with van der Waals surface area (Å²) in [4.78, 5) is 20.3. The zero-order valence-electron chi connectivity index (χ0n) is 16.5. The predicted octanol–water partition coefficient (Wildman–Crippen LogP) is 4.08. The van der Waals surface area contributed by atoms with E-state index in [4.69, 9.17) is 9.52 Å². The highest BCUT2D eigenvalue weighted by atomic mass is 32.2. The minimum atomic E-state index is -3.31. The van der Waals surface area contributed by atoms with E-state index in [1.807, 2.05) is 0 Å². The molecule has 2 N–H and O–H groups in total. The van der Waals surface area contributed by atoms with Gasteiger partial charge in [-0.25, -0.2) is 14.0 Å². The van der Waals surface area contributed by atoms with Crippen LogP contribution in [0.5, 0.6) is 11.6 Å². The van der Waals surface area contributed by atoms with Gasteiger partial charge in [-0.3, -0.25) is 4.79 Å². The van der Waals surface area contributed by atoms with Gasteiger partial charge in [0.05, 0.1) is 15.8 Å². The van der Waals surface area contributed by atoms with Crippen molar-refractivity contribution in [3.05, 3.63) is 59.4 Å². The molecule has 1 aromatic heterocycles. The van der Waals surface area contributed by atoms with Gasteiger partial charge >= 0.3 is 5.92 Å². The van der Waals surface area contributed by atoms with E-state index in [0.29, 0.717) is 12.7 Å². The van der Waals surface area contributed by atoms with Crippen molar-refractivity contribution in [3.8, 4) is 11.6 Å². The van der Waals surface area contributed by atoms with Crippen LogP contribution in [0.2, 0.25) is 0 Å². The van der Waals surface area contributed by atoms with Crippen LogP contribution >= 0.6 is 0 Å². The minimum Gasteiger partial charge on any atom is -0.438 e. The van der Waals surface area contributed by atoms with E-state index in [2.05, 4.69) is 15.3 Å². The zero-order valence-corrected chi connectivity index (χ0v) is 17.3. The molecule has 0 aliphatic heterocycles. The van der Waals surface area contributed by atoms with Crippen molar-refractivity contribution in [3.63, 3.8) is 0 Å². The molecular formula is C20H22F2N4O3S. The van der Waals surface area contributed by atoms with E-state index in [1.54, 1.807) is 30.3 Å². The number of para-hydroxylation sites is 1. The average molecular weight is 436 g/mol. The van der Waals surface area contributed by atoms with E-state index in [9.17, 15) is 17.8 Å². The first-order valence-electron chi connectivity index (χ1n) is 9.24. The van der Waals surface area contributed by atoms with E-state index < -0.39 is 33.4 Å². The third-order valence-electron chi connectivity index (χ3n) is 4.32. The number of benzene rings is 1. The van der Waals surface area contributed by atoms with E-state index >= 15 is 0 Å². The van der Waals surface area contributed by atoms with E-state index in [1.165, 1.54) is 17.7 Å². The molecule has 0 radical (unpaired) electrons. The number of aromatic nitrogens is 2. The lowest BCUT2D eigenvalue weighted by molar-refractivity contribution is 0.00707. The van der Waals surface area contributed by atoms with Crippen LogP contribution in [-0.2, 0) is 15.7 Å². The van der Waals surface area contributed by atoms with Gasteiger partial charge < -0.3 is 10.1 Å². The summed E-state index contributed by atoms with van der Waals surface area (Å²) in [5, 5.41) is 4.03. The van der Waals surface area contributed by atoms with Crippen molar-refractivity contribution in [2.24, 2.45) is 5.92 Å². The van der Waals surface area contributed by atoms with Crippen LogP contribution in [0.3, 0.4) is 0 Å². The molecule has 1 aromatic carbocycles. The highest BCUT2D eigenvalue weighted by Gasteiger charge is 2.33. The molecule has 1 aliphatic rings. The van der Waals surface area contributed by atoms with Gasteiger partial charge in [-0.05, 0) is 30.9 Å². The lowest BCUT2D eigenvalue weighted by atomic mass is 10.1. The van der Waals surface area contributed by atoms with Crippen molar-refractivity contribution in [2.45, 2.75) is 31.7 Å². The molecule has 30 heavy (non-hydrogen) atoms. The Morgan fingerprint density at radius 2 is 2.03 bits per heavy atom. The lowest BCUT2D eigenvalue weighted by Gasteiger charge is -2.17. The molecule has 0 bridgehead atoms. The van der Waals surface area contributed by atoms with Crippen LogP contribution in [0.15, 0.2) is 48.0 Å². The molecule has 0 unspecified atom stereocenters. The van der Waals surface area contributed by atoms with Crippen molar-refractivity contribution in [1.29, 1.82) is 4.78 Å². The summed E-state index contributed by atoms with van der Waals surface area (Å²) in [6, 6.07) is 7.92. The number of nitrogens with one attached hydrogen (secondary N) is 2. The van der Waals surface area contributed by atoms with Crippen molar-refractivity contribution in [2.75, 3.05) is 6.26 Å². The molecule has 0 spiro atoms. The summed E-state index contributed by atoms with van der Waals surface area (Å²) < 4.78 is 52.1. The second-order valence-corrected chi connectivity index (χ2v) is 9.37. The quantitative estimate of drug-likeness (QED) is 0.649. The number of carbonyl (C=O) groups excluding carboxylic acids is 1. The Balaban J connectivity index is 1.90. The van der Waals surface area contributed by atoms with Gasteiger partial charge in [-0.1, -0.05) is 24.3 Å². The number of rotatable bonds is 8. The van der Waals surface area contributed by atoms with Crippen LogP contribution < -0.4 is 10.1 Å². The monoisotopic (exact) mass is 436 g/mol. The second-order valence-electron chi connectivity index (χ2n) is 7.29. The fourth-order valence-corrected chi connectivity index (χ4v) is 3.12. The molecular weight excluding hydrogens is 414 g/mol. The summed E-state index contributed by atoms with van der Waals surface area (Å²) in [6.45, 7) is 0.658. The van der Waals surface area contributed by atoms with Gasteiger partial charge in [0.2, 0.25) is 11.7 Å². The number of hydrogen-bond donors (Lipinski definition) is 2. The molecule has 1 fully saturated rings. The first-order chi connectivity index (χ1) is 14.0.